The first kappa shape index (κ1) is 23.5. The van der Waals surface area contributed by atoms with E-state index in [-0.39, 0.29) is 29.9 Å². The molecule has 2 heterocycles. The van der Waals surface area contributed by atoms with Crippen LogP contribution >= 0.6 is 0 Å². The van der Waals surface area contributed by atoms with Crippen LogP contribution in [0.5, 0.6) is 0 Å². The minimum atomic E-state index is -0.722. The zero-order valence-corrected chi connectivity index (χ0v) is 19.2. The van der Waals surface area contributed by atoms with Crippen molar-refractivity contribution < 1.29 is 19.1 Å². The number of nitrogens with one attached hydrogen (secondary N) is 1. The van der Waals surface area contributed by atoms with Crippen LogP contribution < -0.4 is 5.32 Å². The fraction of sp³-hybridized carbons (Fsp3) is 0.417. The number of tetrazole rings is 1. The van der Waals surface area contributed by atoms with Crippen molar-refractivity contribution >= 4 is 11.9 Å². The summed E-state index contributed by atoms with van der Waals surface area (Å²) in [6.07, 6.45) is 2.97. The second-order valence-corrected chi connectivity index (χ2v) is 8.87. The summed E-state index contributed by atoms with van der Waals surface area (Å²) in [4.78, 5) is 29.7. The zero-order valence-electron chi connectivity index (χ0n) is 19.2. The Hall–Kier alpha value is -3.69. The first-order valence-electron chi connectivity index (χ1n) is 11.3. The molecule has 0 spiro atoms. The fourth-order valence-corrected chi connectivity index (χ4v) is 4.26. The minimum absolute atomic E-state index is 0.233. The number of carbonyl (C=O) groups is 2. The molecule has 9 nitrogen and oxygen atoms in total. The molecule has 1 aliphatic carbocycles. The highest BCUT2D eigenvalue weighted by Gasteiger charge is 2.26. The van der Waals surface area contributed by atoms with E-state index in [9.17, 15) is 14.0 Å². The highest BCUT2D eigenvalue weighted by atomic mass is 19.1. The number of pyridine rings is 1. The molecular formula is C24H27FN6O3. The van der Waals surface area contributed by atoms with Gasteiger partial charge in [0.25, 0.3) is 5.91 Å². The Kier molecular flexibility index (Phi) is 6.95. The number of amides is 1. The van der Waals surface area contributed by atoms with E-state index in [1.165, 1.54) is 10.9 Å². The van der Waals surface area contributed by atoms with Gasteiger partial charge in [0.1, 0.15) is 11.5 Å². The smallest absolute Gasteiger partial charge is 0.306 e. The Bertz CT molecular complexity index is 1200. The van der Waals surface area contributed by atoms with Crippen molar-refractivity contribution in [1.82, 2.24) is 30.5 Å². The van der Waals surface area contributed by atoms with Crippen LogP contribution in [0.1, 0.15) is 53.0 Å². The van der Waals surface area contributed by atoms with Gasteiger partial charge in [0.2, 0.25) is 5.82 Å². The lowest BCUT2D eigenvalue weighted by atomic mass is 9.82. The number of halogens is 1. The van der Waals surface area contributed by atoms with Gasteiger partial charge in [-0.05, 0) is 80.0 Å². The Balaban J connectivity index is 1.41. The Morgan fingerprint density at radius 3 is 2.62 bits per heavy atom. The standard InChI is InChI=1S/C24H27FN6O3/c1-14-9-17(5-8-20(14)25)12-26-23(32)21-11-19(10-15(2)27-21)22-28-30-31(29-22)13-16-3-6-18(7-4-16)24(33)34/h5,8-11,16,18H,3-4,6-7,12-13H2,1-2H3,(H,26,32)(H,33,34)/t16-,18-. The molecule has 3 aromatic rings. The van der Waals surface area contributed by atoms with E-state index >= 15 is 0 Å². The summed E-state index contributed by atoms with van der Waals surface area (Å²) in [6.45, 7) is 4.29. The maximum absolute atomic E-state index is 13.5. The number of hydrogen-bond acceptors (Lipinski definition) is 6. The molecule has 0 atom stereocenters. The van der Waals surface area contributed by atoms with Crippen LogP contribution in [0.4, 0.5) is 4.39 Å². The number of carboxylic acids is 1. The van der Waals surface area contributed by atoms with Gasteiger partial charge in [-0.3, -0.25) is 9.59 Å². The molecule has 1 aromatic carbocycles. The first-order chi connectivity index (χ1) is 16.3. The molecule has 10 heteroatoms. The Morgan fingerprint density at radius 1 is 1.15 bits per heavy atom. The van der Waals surface area contributed by atoms with E-state index in [1.807, 2.05) is 0 Å². The van der Waals surface area contributed by atoms with Crippen molar-refractivity contribution in [2.45, 2.75) is 52.6 Å². The number of carboxylic acid groups (broad SMARTS) is 1. The lowest BCUT2D eigenvalue weighted by Crippen LogP contribution is -2.24. The van der Waals surface area contributed by atoms with E-state index in [0.29, 0.717) is 47.9 Å². The molecule has 0 aliphatic heterocycles. The summed E-state index contributed by atoms with van der Waals surface area (Å²) in [5, 5.41) is 24.7. The molecule has 1 aliphatic rings. The SMILES string of the molecule is Cc1cc(-c2nnn(C[C@H]3CC[C@H](C(=O)O)CC3)n2)cc(C(=O)NCc2ccc(F)c(C)c2)n1. The van der Waals surface area contributed by atoms with Crippen LogP contribution in [0, 0.1) is 31.5 Å². The quantitative estimate of drug-likeness (QED) is 0.548. The van der Waals surface area contributed by atoms with Crippen LogP contribution in [0.25, 0.3) is 11.4 Å². The molecule has 0 saturated heterocycles. The number of carbonyl (C=O) groups excluding carboxylic acids is 1. The molecule has 0 unspecified atom stereocenters. The first-order valence-corrected chi connectivity index (χ1v) is 11.3. The number of benzene rings is 1. The molecular weight excluding hydrogens is 439 g/mol. The van der Waals surface area contributed by atoms with E-state index in [2.05, 4.69) is 25.7 Å². The maximum Gasteiger partial charge on any atom is 0.306 e. The lowest BCUT2D eigenvalue weighted by molar-refractivity contribution is -0.143. The minimum Gasteiger partial charge on any atom is -0.481 e. The highest BCUT2D eigenvalue weighted by molar-refractivity contribution is 5.93. The fourth-order valence-electron chi connectivity index (χ4n) is 4.26. The number of nitrogens with zero attached hydrogens (tertiary/aromatic N) is 5. The summed E-state index contributed by atoms with van der Waals surface area (Å²) >= 11 is 0. The molecule has 1 saturated carbocycles. The maximum atomic E-state index is 13.5. The summed E-state index contributed by atoms with van der Waals surface area (Å²) < 4.78 is 13.5. The molecule has 2 aromatic heterocycles. The summed E-state index contributed by atoms with van der Waals surface area (Å²) in [6, 6.07) is 8.12. The van der Waals surface area contributed by atoms with Crippen molar-refractivity contribution in [3.05, 3.63) is 58.7 Å². The van der Waals surface area contributed by atoms with Gasteiger partial charge in [-0.25, -0.2) is 9.37 Å². The van der Waals surface area contributed by atoms with Crippen molar-refractivity contribution in [2.24, 2.45) is 11.8 Å². The third-order valence-electron chi connectivity index (χ3n) is 6.19. The van der Waals surface area contributed by atoms with Crippen LogP contribution in [-0.2, 0) is 17.9 Å². The van der Waals surface area contributed by atoms with Gasteiger partial charge < -0.3 is 10.4 Å². The number of aliphatic carboxylic acids is 1. The van der Waals surface area contributed by atoms with Crippen molar-refractivity contribution in [1.29, 1.82) is 0 Å². The number of hydrogen-bond donors (Lipinski definition) is 2. The number of aromatic nitrogens is 5. The topological polar surface area (TPSA) is 123 Å². The predicted molar refractivity (Wildman–Crippen MR) is 121 cm³/mol. The van der Waals surface area contributed by atoms with Crippen LogP contribution in [-0.4, -0.2) is 42.2 Å². The average Bonchev–Trinajstić information content (AvgIpc) is 3.28. The van der Waals surface area contributed by atoms with Crippen molar-refractivity contribution in [3.8, 4) is 11.4 Å². The van der Waals surface area contributed by atoms with Gasteiger partial charge in [0.15, 0.2) is 0 Å². The van der Waals surface area contributed by atoms with Crippen LogP contribution in [0.15, 0.2) is 30.3 Å². The van der Waals surface area contributed by atoms with Gasteiger partial charge in [-0.2, -0.15) is 4.80 Å². The van der Waals surface area contributed by atoms with E-state index < -0.39 is 5.97 Å². The van der Waals surface area contributed by atoms with Gasteiger partial charge in [-0.1, -0.05) is 12.1 Å². The van der Waals surface area contributed by atoms with Crippen LogP contribution in [0.3, 0.4) is 0 Å². The van der Waals surface area contributed by atoms with Crippen molar-refractivity contribution in [2.75, 3.05) is 0 Å². The van der Waals surface area contributed by atoms with Gasteiger partial charge >= 0.3 is 5.97 Å². The third-order valence-corrected chi connectivity index (χ3v) is 6.19. The van der Waals surface area contributed by atoms with E-state index in [1.54, 1.807) is 38.1 Å². The molecule has 1 amide bonds. The largest absolute Gasteiger partial charge is 0.481 e. The van der Waals surface area contributed by atoms with Gasteiger partial charge in [0.05, 0.1) is 12.5 Å². The second kappa shape index (κ2) is 10.1. The average molecular weight is 467 g/mol. The molecule has 1 fully saturated rings. The summed E-state index contributed by atoms with van der Waals surface area (Å²) in [5.74, 6) is -0.906. The molecule has 4 rings (SSSR count). The zero-order chi connectivity index (χ0) is 24.2. The Morgan fingerprint density at radius 2 is 1.91 bits per heavy atom. The predicted octanol–water partition coefficient (Wildman–Crippen LogP) is 3.31. The molecule has 34 heavy (non-hydrogen) atoms. The van der Waals surface area contributed by atoms with E-state index in [0.717, 1.165) is 18.4 Å². The third kappa shape index (κ3) is 5.62. The molecule has 0 bridgehead atoms. The van der Waals surface area contributed by atoms with Gasteiger partial charge in [-0.15, -0.1) is 10.2 Å². The van der Waals surface area contributed by atoms with Crippen LogP contribution in [0.2, 0.25) is 0 Å². The molecule has 178 valence electrons. The number of rotatable bonds is 7. The van der Waals surface area contributed by atoms with E-state index in [4.69, 9.17) is 5.11 Å². The Labute approximate surface area is 196 Å². The molecule has 2 N–H and O–H groups in total. The monoisotopic (exact) mass is 466 g/mol. The normalized spacial score (nSPS) is 18.0. The number of aryl methyl sites for hydroxylation is 2. The highest BCUT2D eigenvalue weighted by Crippen LogP contribution is 2.29. The summed E-state index contributed by atoms with van der Waals surface area (Å²) in [5.41, 5.74) is 2.82. The molecule has 0 radical (unpaired) electrons. The van der Waals surface area contributed by atoms with Crippen molar-refractivity contribution in [3.63, 3.8) is 0 Å². The lowest BCUT2D eigenvalue weighted by Gasteiger charge is -2.25. The summed E-state index contributed by atoms with van der Waals surface area (Å²) in [7, 11) is 0. The van der Waals surface area contributed by atoms with Gasteiger partial charge in [0, 0.05) is 17.8 Å². The second-order valence-electron chi connectivity index (χ2n) is 8.87.